The van der Waals surface area contributed by atoms with Gasteiger partial charge in [-0.25, -0.2) is 4.79 Å². The molecule has 1 unspecified atom stereocenters. The zero-order chi connectivity index (χ0) is 15.2. The Morgan fingerprint density at radius 2 is 2.29 bits per heavy atom. The number of carbonyl (C=O) groups is 1. The summed E-state index contributed by atoms with van der Waals surface area (Å²) in [5.41, 5.74) is 1.03. The minimum Gasteiger partial charge on any atom is -0.467 e. The van der Waals surface area contributed by atoms with Gasteiger partial charge in [-0.3, -0.25) is 9.58 Å². The summed E-state index contributed by atoms with van der Waals surface area (Å²) in [4.78, 5) is 13.7. The highest BCUT2D eigenvalue weighted by atomic mass is 16.6. The summed E-state index contributed by atoms with van der Waals surface area (Å²) in [6, 6.07) is 2.52. The van der Waals surface area contributed by atoms with Gasteiger partial charge in [0.05, 0.1) is 25.5 Å². The Labute approximate surface area is 126 Å². The number of nitrogens with zero attached hydrogens (tertiary/aromatic N) is 3. The molecule has 21 heavy (non-hydrogen) atoms. The van der Waals surface area contributed by atoms with E-state index in [-0.39, 0.29) is 5.97 Å². The van der Waals surface area contributed by atoms with Gasteiger partial charge in [0, 0.05) is 25.8 Å². The third-order valence-electron chi connectivity index (χ3n) is 3.98. The van der Waals surface area contributed by atoms with E-state index in [0.29, 0.717) is 19.2 Å². The van der Waals surface area contributed by atoms with E-state index in [9.17, 15) is 4.79 Å². The average molecular weight is 295 g/mol. The van der Waals surface area contributed by atoms with E-state index in [2.05, 4.69) is 29.9 Å². The molecule has 0 amide bonds. The minimum absolute atomic E-state index is 0.303. The summed E-state index contributed by atoms with van der Waals surface area (Å²) in [5.74, 6) is -0.303. The van der Waals surface area contributed by atoms with E-state index in [4.69, 9.17) is 9.47 Å². The van der Waals surface area contributed by atoms with Crippen LogP contribution in [0.15, 0.2) is 12.3 Å². The van der Waals surface area contributed by atoms with Gasteiger partial charge >= 0.3 is 5.97 Å². The zero-order valence-electron chi connectivity index (χ0n) is 13.1. The van der Waals surface area contributed by atoms with Crippen molar-refractivity contribution < 1.29 is 14.3 Å². The molecule has 0 saturated carbocycles. The fourth-order valence-corrected chi connectivity index (χ4v) is 2.68. The number of morpholine rings is 1. The summed E-state index contributed by atoms with van der Waals surface area (Å²) in [6.45, 7) is 7.02. The normalized spacial score (nSPS) is 19.9. The van der Waals surface area contributed by atoms with Crippen LogP contribution < -0.4 is 0 Å². The fraction of sp³-hybridized carbons (Fsp3) is 0.733. The molecule has 0 bridgehead atoms. The molecule has 0 spiro atoms. The molecule has 2 rings (SSSR count). The van der Waals surface area contributed by atoms with Gasteiger partial charge in [0.2, 0.25) is 0 Å². The van der Waals surface area contributed by atoms with Crippen LogP contribution in [-0.2, 0) is 20.8 Å². The monoisotopic (exact) mass is 295 g/mol. The highest BCUT2D eigenvalue weighted by Crippen LogP contribution is 2.16. The van der Waals surface area contributed by atoms with Crippen molar-refractivity contribution in [1.29, 1.82) is 0 Å². The molecule has 0 N–H and O–H groups in total. The largest absolute Gasteiger partial charge is 0.467 e. The Morgan fingerprint density at radius 3 is 2.95 bits per heavy atom. The van der Waals surface area contributed by atoms with Crippen LogP contribution in [0.1, 0.15) is 38.4 Å². The maximum absolute atomic E-state index is 11.5. The second-order valence-electron chi connectivity index (χ2n) is 5.38. The predicted molar refractivity (Wildman–Crippen MR) is 78.9 cm³/mol. The lowest BCUT2D eigenvalue weighted by molar-refractivity contribution is -0.160. The second kappa shape index (κ2) is 7.56. The van der Waals surface area contributed by atoms with Crippen LogP contribution in [0, 0.1) is 0 Å². The summed E-state index contributed by atoms with van der Waals surface area (Å²) in [7, 11) is 1.39. The Balaban J connectivity index is 1.93. The third-order valence-corrected chi connectivity index (χ3v) is 3.98. The molecular formula is C15H25N3O3. The smallest absolute Gasteiger partial charge is 0.336 e. The van der Waals surface area contributed by atoms with Crippen molar-refractivity contribution in [2.45, 2.75) is 45.4 Å². The molecule has 6 nitrogen and oxygen atoms in total. The first-order valence-electron chi connectivity index (χ1n) is 7.63. The van der Waals surface area contributed by atoms with E-state index in [1.54, 1.807) is 0 Å². The predicted octanol–water partition coefficient (Wildman–Crippen LogP) is 1.62. The number of rotatable bonds is 6. The lowest BCUT2D eigenvalue weighted by atomic mass is 10.2. The van der Waals surface area contributed by atoms with Crippen molar-refractivity contribution >= 4 is 5.97 Å². The summed E-state index contributed by atoms with van der Waals surface area (Å²) in [6.07, 6.45) is 3.73. The minimum atomic E-state index is -0.482. The van der Waals surface area contributed by atoms with Crippen LogP contribution in [0.4, 0.5) is 0 Å². The number of aromatic nitrogens is 2. The van der Waals surface area contributed by atoms with E-state index in [1.165, 1.54) is 7.11 Å². The number of carbonyl (C=O) groups excluding carboxylic acids is 1. The van der Waals surface area contributed by atoms with Gasteiger partial charge in [-0.05, 0) is 18.9 Å². The molecule has 6 heteroatoms. The first-order chi connectivity index (χ1) is 10.2. The van der Waals surface area contributed by atoms with Gasteiger partial charge in [-0.1, -0.05) is 13.8 Å². The second-order valence-corrected chi connectivity index (χ2v) is 5.38. The van der Waals surface area contributed by atoms with Crippen LogP contribution in [0.5, 0.6) is 0 Å². The third kappa shape index (κ3) is 4.04. The zero-order valence-corrected chi connectivity index (χ0v) is 13.1. The van der Waals surface area contributed by atoms with Crippen LogP contribution in [0.25, 0.3) is 0 Å². The van der Waals surface area contributed by atoms with E-state index < -0.39 is 6.10 Å². The first-order valence-corrected chi connectivity index (χ1v) is 7.63. The molecule has 1 fully saturated rings. The maximum Gasteiger partial charge on any atom is 0.336 e. The highest BCUT2D eigenvalue weighted by Gasteiger charge is 2.27. The number of esters is 1. The molecule has 118 valence electrons. The summed E-state index contributed by atoms with van der Waals surface area (Å²) >= 11 is 0. The molecule has 1 aliphatic heterocycles. The quantitative estimate of drug-likeness (QED) is 0.746. The fourth-order valence-electron chi connectivity index (χ4n) is 2.68. The van der Waals surface area contributed by atoms with E-state index in [0.717, 1.165) is 31.6 Å². The van der Waals surface area contributed by atoms with Gasteiger partial charge in [0.1, 0.15) is 0 Å². The van der Waals surface area contributed by atoms with E-state index >= 15 is 0 Å². The Bertz CT molecular complexity index is 457. The SMILES string of the molecule is CCC(CC)n1ccc(CN2CCOC(C(=O)OC)C2)n1. The van der Waals surface area contributed by atoms with Crippen molar-refractivity contribution in [2.75, 3.05) is 26.8 Å². The molecule has 1 atom stereocenters. The molecule has 1 aliphatic rings. The molecule has 0 radical (unpaired) electrons. The van der Waals surface area contributed by atoms with Crippen LogP contribution in [0.3, 0.4) is 0 Å². The molecular weight excluding hydrogens is 270 g/mol. The van der Waals surface area contributed by atoms with Crippen molar-refractivity contribution in [3.63, 3.8) is 0 Å². The molecule has 2 heterocycles. The first kappa shape index (κ1) is 16.0. The molecule has 1 aromatic rings. The van der Waals surface area contributed by atoms with Crippen molar-refractivity contribution in [3.8, 4) is 0 Å². The van der Waals surface area contributed by atoms with Gasteiger partial charge < -0.3 is 9.47 Å². The van der Waals surface area contributed by atoms with Crippen molar-refractivity contribution in [2.24, 2.45) is 0 Å². The lowest BCUT2D eigenvalue weighted by Gasteiger charge is -2.30. The topological polar surface area (TPSA) is 56.6 Å². The lowest BCUT2D eigenvalue weighted by Crippen LogP contribution is -2.46. The summed E-state index contributed by atoms with van der Waals surface area (Å²) in [5, 5.41) is 4.65. The number of methoxy groups -OCH3 is 1. The van der Waals surface area contributed by atoms with Gasteiger partial charge in [0.25, 0.3) is 0 Å². The van der Waals surface area contributed by atoms with Gasteiger partial charge in [0.15, 0.2) is 6.10 Å². The number of hydrogen-bond acceptors (Lipinski definition) is 5. The summed E-state index contributed by atoms with van der Waals surface area (Å²) < 4.78 is 12.2. The Kier molecular flexibility index (Phi) is 5.76. The standard InChI is InChI=1S/C15H25N3O3/c1-4-13(5-2)18-7-6-12(16-18)10-17-8-9-21-14(11-17)15(19)20-3/h6-7,13-14H,4-5,8-11H2,1-3H3. The Hall–Kier alpha value is -1.40. The van der Waals surface area contributed by atoms with Crippen LogP contribution in [-0.4, -0.2) is 53.6 Å². The molecule has 1 aromatic heterocycles. The molecule has 1 saturated heterocycles. The van der Waals surface area contributed by atoms with Crippen LogP contribution in [0.2, 0.25) is 0 Å². The number of hydrogen-bond donors (Lipinski definition) is 0. The molecule has 0 aliphatic carbocycles. The van der Waals surface area contributed by atoms with Crippen molar-refractivity contribution in [1.82, 2.24) is 14.7 Å². The average Bonchev–Trinajstić information content (AvgIpc) is 2.96. The van der Waals surface area contributed by atoms with Gasteiger partial charge in [-0.15, -0.1) is 0 Å². The highest BCUT2D eigenvalue weighted by molar-refractivity contribution is 5.74. The van der Waals surface area contributed by atoms with Crippen LogP contribution >= 0.6 is 0 Å². The Morgan fingerprint density at radius 1 is 1.52 bits per heavy atom. The maximum atomic E-state index is 11.5. The number of ether oxygens (including phenoxy) is 2. The van der Waals surface area contributed by atoms with Gasteiger partial charge in [-0.2, -0.15) is 5.10 Å². The van der Waals surface area contributed by atoms with Crippen molar-refractivity contribution in [3.05, 3.63) is 18.0 Å². The molecule has 0 aromatic carbocycles. The van der Waals surface area contributed by atoms with E-state index in [1.807, 2.05) is 10.9 Å².